The number of carbonyl (C=O) groups excluding carboxylic acids is 1. The SMILES string of the molecule is CCNCc1cccc(NC(=O)CSC(C)c2nc3ccccc3[nH]2)c1. The number of fused-ring (bicyclic) bond motifs is 1. The number of aromatic nitrogens is 2. The number of hydrogen-bond donors (Lipinski definition) is 3. The highest BCUT2D eigenvalue weighted by atomic mass is 32.2. The molecule has 136 valence electrons. The fourth-order valence-corrected chi connectivity index (χ4v) is 3.41. The zero-order valence-electron chi connectivity index (χ0n) is 15.1. The summed E-state index contributed by atoms with van der Waals surface area (Å²) >= 11 is 1.57. The second-order valence-corrected chi connectivity index (χ2v) is 7.45. The van der Waals surface area contributed by atoms with Gasteiger partial charge in [0.1, 0.15) is 5.82 Å². The van der Waals surface area contributed by atoms with Crippen LogP contribution in [0.25, 0.3) is 11.0 Å². The highest BCUT2D eigenvalue weighted by Crippen LogP contribution is 2.27. The normalized spacial score (nSPS) is 12.2. The van der Waals surface area contributed by atoms with Crippen molar-refractivity contribution in [2.45, 2.75) is 25.6 Å². The van der Waals surface area contributed by atoms with E-state index in [1.165, 1.54) is 0 Å². The second-order valence-electron chi connectivity index (χ2n) is 6.12. The van der Waals surface area contributed by atoms with E-state index < -0.39 is 0 Å². The van der Waals surface area contributed by atoms with Crippen molar-refractivity contribution in [3.63, 3.8) is 0 Å². The van der Waals surface area contributed by atoms with E-state index in [0.29, 0.717) is 5.75 Å². The maximum Gasteiger partial charge on any atom is 0.234 e. The maximum absolute atomic E-state index is 12.3. The molecule has 3 aromatic rings. The monoisotopic (exact) mass is 368 g/mol. The molecule has 0 aliphatic carbocycles. The standard InChI is InChI=1S/C20H24N4OS/c1-3-21-12-15-7-6-8-16(11-15)22-19(25)13-26-14(2)20-23-17-9-4-5-10-18(17)24-20/h4-11,14,21H,3,12-13H2,1-2H3,(H,22,25)(H,23,24). The van der Waals surface area contributed by atoms with Crippen molar-refractivity contribution in [3.05, 3.63) is 59.9 Å². The van der Waals surface area contributed by atoms with Gasteiger partial charge in [0.15, 0.2) is 0 Å². The molecular formula is C20H24N4OS. The van der Waals surface area contributed by atoms with Gasteiger partial charge >= 0.3 is 0 Å². The lowest BCUT2D eigenvalue weighted by Crippen LogP contribution is -2.16. The molecule has 0 saturated carbocycles. The molecule has 3 rings (SSSR count). The molecule has 0 aliphatic heterocycles. The van der Waals surface area contributed by atoms with E-state index >= 15 is 0 Å². The fraction of sp³-hybridized carbons (Fsp3) is 0.300. The Balaban J connectivity index is 1.53. The summed E-state index contributed by atoms with van der Waals surface area (Å²) in [6.45, 7) is 5.86. The third-order valence-corrected chi connectivity index (χ3v) is 5.20. The lowest BCUT2D eigenvalue weighted by Gasteiger charge is -2.10. The largest absolute Gasteiger partial charge is 0.341 e. The van der Waals surface area contributed by atoms with Crippen molar-refractivity contribution < 1.29 is 4.79 Å². The number of imidazole rings is 1. The summed E-state index contributed by atoms with van der Waals surface area (Å²) in [6, 6.07) is 15.9. The van der Waals surface area contributed by atoms with Crippen LogP contribution in [0.2, 0.25) is 0 Å². The third kappa shape index (κ3) is 4.86. The molecule has 6 heteroatoms. The Morgan fingerprint density at radius 2 is 2.08 bits per heavy atom. The Hall–Kier alpha value is -2.31. The number of H-pyrrole nitrogens is 1. The Bertz CT molecular complexity index is 844. The number of amides is 1. The number of thioether (sulfide) groups is 1. The van der Waals surface area contributed by atoms with Crippen LogP contribution < -0.4 is 10.6 Å². The van der Waals surface area contributed by atoms with Crippen LogP contribution in [0.3, 0.4) is 0 Å². The van der Waals surface area contributed by atoms with Gasteiger partial charge in [0, 0.05) is 12.2 Å². The highest BCUT2D eigenvalue weighted by molar-refractivity contribution is 8.00. The summed E-state index contributed by atoms with van der Waals surface area (Å²) in [5.74, 6) is 1.28. The van der Waals surface area contributed by atoms with Crippen LogP contribution >= 0.6 is 11.8 Å². The summed E-state index contributed by atoms with van der Waals surface area (Å²) in [5, 5.41) is 6.38. The summed E-state index contributed by atoms with van der Waals surface area (Å²) in [5.41, 5.74) is 3.98. The first-order valence-electron chi connectivity index (χ1n) is 8.81. The van der Waals surface area contributed by atoms with Gasteiger partial charge in [0.05, 0.1) is 22.0 Å². The maximum atomic E-state index is 12.3. The molecule has 1 unspecified atom stereocenters. The zero-order valence-corrected chi connectivity index (χ0v) is 15.9. The van der Waals surface area contributed by atoms with E-state index in [-0.39, 0.29) is 11.2 Å². The number of anilines is 1. The summed E-state index contributed by atoms with van der Waals surface area (Å²) in [4.78, 5) is 20.2. The van der Waals surface area contributed by atoms with Gasteiger partial charge in [-0.05, 0) is 43.3 Å². The van der Waals surface area contributed by atoms with Crippen molar-refractivity contribution >= 4 is 34.4 Å². The molecule has 3 N–H and O–H groups in total. The van der Waals surface area contributed by atoms with Gasteiger partial charge < -0.3 is 15.6 Å². The lowest BCUT2D eigenvalue weighted by atomic mass is 10.2. The lowest BCUT2D eigenvalue weighted by molar-refractivity contribution is -0.113. The van der Waals surface area contributed by atoms with Gasteiger partial charge in [0.25, 0.3) is 0 Å². The molecule has 0 spiro atoms. The highest BCUT2D eigenvalue weighted by Gasteiger charge is 2.13. The Labute approximate surface area is 158 Å². The van der Waals surface area contributed by atoms with Crippen molar-refractivity contribution in [1.29, 1.82) is 0 Å². The van der Waals surface area contributed by atoms with Crippen LogP contribution in [0.4, 0.5) is 5.69 Å². The molecule has 2 aromatic carbocycles. The van der Waals surface area contributed by atoms with Crippen LogP contribution in [0, 0.1) is 0 Å². The first-order valence-corrected chi connectivity index (χ1v) is 9.86. The fourth-order valence-electron chi connectivity index (χ4n) is 2.67. The Morgan fingerprint density at radius 3 is 2.88 bits per heavy atom. The van der Waals surface area contributed by atoms with E-state index in [2.05, 4.69) is 40.5 Å². The van der Waals surface area contributed by atoms with Crippen molar-refractivity contribution in [3.8, 4) is 0 Å². The van der Waals surface area contributed by atoms with Crippen LogP contribution in [-0.2, 0) is 11.3 Å². The molecule has 0 saturated heterocycles. The van der Waals surface area contributed by atoms with Crippen LogP contribution in [0.5, 0.6) is 0 Å². The van der Waals surface area contributed by atoms with E-state index in [9.17, 15) is 4.79 Å². The van der Waals surface area contributed by atoms with Gasteiger partial charge in [-0.25, -0.2) is 4.98 Å². The van der Waals surface area contributed by atoms with E-state index in [0.717, 1.165) is 41.2 Å². The zero-order chi connectivity index (χ0) is 18.4. The predicted molar refractivity (Wildman–Crippen MR) is 109 cm³/mol. The Kier molecular flexibility index (Phi) is 6.30. The third-order valence-electron chi connectivity index (χ3n) is 4.05. The number of nitrogens with one attached hydrogen (secondary N) is 3. The average Bonchev–Trinajstić information content (AvgIpc) is 3.09. The number of para-hydroxylation sites is 2. The number of hydrogen-bond acceptors (Lipinski definition) is 4. The minimum Gasteiger partial charge on any atom is -0.341 e. The summed E-state index contributed by atoms with van der Waals surface area (Å²) in [6.07, 6.45) is 0. The molecule has 5 nitrogen and oxygen atoms in total. The molecule has 1 amide bonds. The smallest absolute Gasteiger partial charge is 0.234 e. The van der Waals surface area contributed by atoms with Gasteiger partial charge in [-0.1, -0.05) is 31.2 Å². The van der Waals surface area contributed by atoms with Gasteiger partial charge in [-0.3, -0.25) is 4.79 Å². The predicted octanol–water partition coefficient (Wildman–Crippen LogP) is 4.11. The molecule has 1 aromatic heterocycles. The first kappa shape index (κ1) is 18.5. The van der Waals surface area contributed by atoms with E-state index in [1.54, 1.807) is 11.8 Å². The number of carbonyl (C=O) groups is 1. The topological polar surface area (TPSA) is 69.8 Å². The molecule has 0 aliphatic rings. The molecule has 1 atom stereocenters. The van der Waals surface area contributed by atoms with Crippen molar-refractivity contribution in [2.24, 2.45) is 0 Å². The number of benzene rings is 2. The second kappa shape index (κ2) is 8.87. The number of nitrogens with zero attached hydrogens (tertiary/aromatic N) is 1. The molecule has 0 radical (unpaired) electrons. The van der Waals surface area contributed by atoms with Crippen LogP contribution in [0.1, 0.15) is 30.5 Å². The van der Waals surface area contributed by atoms with Crippen molar-refractivity contribution in [2.75, 3.05) is 17.6 Å². The van der Waals surface area contributed by atoms with Gasteiger partial charge in [0.2, 0.25) is 5.91 Å². The molecule has 0 fully saturated rings. The Morgan fingerprint density at radius 1 is 1.23 bits per heavy atom. The molecule has 26 heavy (non-hydrogen) atoms. The summed E-state index contributed by atoms with van der Waals surface area (Å²) < 4.78 is 0. The van der Waals surface area contributed by atoms with E-state index in [1.807, 2.05) is 42.5 Å². The average molecular weight is 369 g/mol. The number of aromatic amines is 1. The molecular weight excluding hydrogens is 344 g/mol. The first-order chi connectivity index (χ1) is 12.7. The minimum atomic E-state index is -0.00133. The summed E-state index contributed by atoms with van der Waals surface area (Å²) in [7, 11) is 0. The van der Waals surface area contributed by atoms with Gasteiger partial charge in [-0.15, -0.1) is 11.8 Å². The van der Waals surface area contributed by atoms with E-state index in [4.69, 9.17) is 0 Å². The molecule has 0 bridgehead atoms. The quantitative estimate of drug-likeness (QED) is 0.560. The minimum absolute atomic E-state index is 0.00133. The molecule has 1 heterocycles. The number of rotatable bonds is 8. The van der Waals surface area contributed by atoms with Crippen LogP contribution in [-0.4, -0.2) is 28.2 Å². The van der Waals surface area contributed by atoms with Gasteiger partial charge in [-0.2, -0.15) is 0 Å². The van der Waals surface area contributed by atoms with Crippen molar-refractivity contribution in [1.82, 2.24) is 15.3 Å². The van der Waals surface area contributed by atoms with Crippen LogP contribution in [0.15, 0.2) is 48.5 Å².